The van der Waals surface area contributed by atoms with E-state index in [0.717, 1.165) is 29.3 Å². The molecule has 2 saturated carbocycles. The van der Waals surface area contributed by atoms with E-state index >= 15 is 0 Å². The van der Waals surface area contributed by atoms with Crippen LogP contribution in [-0.4, -0.2) is 21.2 Å². The molecule has 2 aliphatic carbocycles. The fourth-order valence-electron chi connectivity index (χ4n) is 5.38. The van der Waals surface area contributed by atoms with Crippen LogP contribution in [0.15, 0.2) is 36.7 Å². The minimum Gasteiger partial charge on any atom is -0.339 e. The molecule has 0 radical (unpaired) electrons. The van der Waals surface area contributed by atoms with Crippen LogP contribution in [0.25, 0.3) is 10.9 Å². The van der Waals surface area contributed by atoms with Gasteiger partial charge < -0.3 is 9.88 Å². The number of aryl methyl sites for hydroxylation is 1. The van der Waals surface area contributed by atoms with Crippen LogP contribution in [0.1, 0.15) is 47.7 Å². The largest absolute Gasteiger partial charge is 0.339 e. The zero-order chi connectivity index (χ0) is 21.0. The van der Waals surface area contributed by atoms with E-state index in [1.54, 1.807) is 6.20 Å². The van der Waals surface area contributed by atoms with Gasteiger partial charge in [-0.25, -0.2) is 4.39 Å². The first kappa shape index (κ1) is 19.2. The average Bonchev–Trinajstić information content (AvgIpc) is 3.34. The Morgan fingerprint density at radius 1 is 1.23 bits per heavy atom. The minimum absolute atomic E-state index is 0.0393. The molecule has 2 fully saturated rings. The first-order valence-electron chi connectivity index (χ1n) is 10.1. The number of carbonyl (C=O) groups excluding carboxylic acids is 2. The fourth-order valence-corrected chi connectivity index (χ4v) is 5.56. The second-order valence-corrected chi connectivity index (χ2v) is 8.84. The number of anilines is 1. The number of halogens is 2. The molecule has 7 heteroatoms. The molecule has 2 atom stereocenters. The summed E-state index contributed by atoms with van der Waals surface area (Å²) in [6, 6.07) is 6.04. The molecule has 30 heavy (non-hydrogen) atoms. The van der Waals surface area contributed by atoms with E-state index < -0.39 is 5.82 Å². The lowest BCUT2D eigenvalue weighted by molar-refractivity contribution is -0.117. The topological polar surface area (TPSA) is 64.0 Å². The summed E-state index contributed by atoms with van der Waals surface area (Å²) in [4.78, 5) is 29.5. The van der Waals surface area contributed by atoms with E-state index in [1.165, 1.54) is 18.2 Å². The Morgan fingerprint density at radius 3 is 2.67 bits per heavy atom. The highest BCUT2D eigenvalue weighted by molar-refractivity contribution is 6.31. The second-order valence-electron chi connectivity index (χ2n) is 8.43. The van der Waals surface area contributed by atoms with Crippen molar-refractivity contribution in [3.63, 3.8) is 0 Å². The normalized spacial score (nSPS) is 23.2. The molecule has 2 aliphatic rings. The molecular formula is C23H21ClFN3O2. The van der Waals surface area contributed by atoms with Crippen molar-refractivity contribution >= 4 is 39.9 Å². The Kier molecular flexibility index (Phi) is 4.62. The van der Waals surface area contributed by atoms with Gasteiger partial charge in [0.05, 0.1) is 10.5 Å². The number of hydrogen-bond donors (Lipinski definition) is 1. The van der Waals surface area contributed by atoms with Crippen LogP contribution in [0.2, 0.25) is 5.02 Å². The lowest BCUT2D eigenvalue weighted by Gasteiger charge is -2.15. The van der Waals surface area contributed by atoms with Gasteiger partial charge in [0.2, 0.25) is 0 Å². The minimum atomic E-state index is -0.530. The standard InChI is InChI=1S/C23H21ClFN3O2/c1-28-20-4-5-26-11-17(20)21(14-6-12-8-16(29)9-13(12)7-14)22(28)23(30)27-15-2-3-19(25)18(24)10-15/h2-5,10-14H,6-9H2,1H3,(H,27,30). The van der Waals surface area contributed by atoms with E-state index in [9.17, 15) is 14.0 Å². The van der Waals surface area contributed by atoms with Gasteiger partial charge in [-0.1, -0.05) is 11.6 Å². The van der Waals surface area contributed by atoms with Gasteiger partial charge in [0.25, 0.3) is 5.91 Å². The van der Waals surface area contributed by atoms with Crippen LogP contribution in [0.4, 0.5) is 10.1 Å². The Morgan fingerprint density at radius 2 is 1.97 bits per heavy atom. The molecule has 1 amide bonds. The van der Waals surface area contributed by atoms with Crippen LogP contribution >= 0.6 is 11.6 Å². The van der Waals surface area contributed by atoms with Crippen LogP contribution < -0.4 is 5.32 Å². The number of nitrogens with zero attached hydrogens (tertiary/aromatic N) is 2. The molecule has 2 aromatic heterocycles. The summed E-state index contributed by atoms with van der Waals surface area (Å²) in [6.45, 7) is 0. The maximum Gasteiger partial charge on any atom is 0.272 e. The molecule has 0 saturated heterocycles. The molecular weight excluding hydrogens is 405 g/mol. The Bertz CT molecular complexity index is 1170. The summed E-state index contributed by atoms with van der Waals surface area (Å²) in [7, 11) is 1.87. The van der Waals surface area contributed by atoms with E-state index in [1.807, 2.05) is 23.9 Å². The lowest BCUT2D eigenvalue weighted by Crippen LogP contribution is -2.18. The third-order valence-corrected chi connectivity index (χ3v) is 6.95. The first-order valence-corrected chi connectivity index (χ1v) is 10.5. The quantitative estimate of drug-likeness (QED) is 0.635. The highest BCUT2D eigenvalue weighted by Gasteiger charge is 2.43. The zero-order valence-electron chi connectivity index (χ0n) is 16.5. The molecule has 154 valence electrons. The predicted molar refractivity (Wildman–Crippen MR) is 113 cm³/mol. The van der Waals surface area contributed by atoms with Crippen LogP contribution in [0.3, 0.4) is 0 Å². The maximum atomic E-state index is 13.5. The molecule has 0 aliphatic heterocycles. The van der Waals surface area contributed by atoms with Crippen molar-refractivity contribution in [3.8, 4) is 0 Å². The number of amides is 1. The third kappa shape index (κ3) is 3.10. The molecule has 3 aromatic rings. The van der Waals surface area contributed by atoms with Gasteiger partial charge in [0.15, 0.2) is 0 Å². The molecule has 2 unspecified atom stereocenters. The molecule has 1 N–H and O–H groups in total. The number of Topliss-reactive ketones (excluding diaryl/α,β-unsaturated/α-hetero) is 1. The summed E-state index contributed by atoms with van der Waals surface area (Å²) in [5, 5.41) is 3.80. The number of rotatable bonds is 3. The Hall–Kier alpha value is -2.73. The number of fused-ring (bicyclic) bond motifs is 2. The van der Waals surface area contributed by atoms with Crippen molar-refractivity contribution in [2.24, 2.45) is 18.9 Å². The van der Waals surface area contributed by atoms with Crippen molar-refractivity contribution in [1.82, 2.24) is 9.55 Å². The molecule has 5 nitrogen and oxygen atoms in total. The number of aromatic nitrogens is 2. The van der Waals surface area contributed by atoms with Crippen LogP contribution in [-0.2, 0) is 11.8 Å². The molecule has 1 aromatic carbocycles. The molecule has 0 spiro atoms. The summed E-state index contributed by atoms with van der Waals surface area (Å²) in [5.74, 6) is 0.577. The monoisotopic (exact) mass is 425 g/mol. The van der Waals surface area contributed by atoms with E-state index in [2.05, 4.69) is 10.3 Å². The van der Waals surface area contributed by atoms with Gasteiger partial charge in [-0.2, -0.15) is 0 Å². The molecule has 5 rings (SSSR count). The smallest absolute Gasteiger partial charge is 0.272 e. The number of nitrogens with one attached hydrogen (secondary N) is 1. The number of pyridine rings is 1. The number of benzene rings is 1. The highest BCUT2D eigenvalue weighted by atomic mass is 35.5. The summed E-state index contributed by atoms with van der Waals surface area (Å²) in [6.07, 6.45) is 6.66. The molecule has 2 heterocycles. The number of hydrogen-bond acceptors (Lipinski definition) is 3. The second kappa shape index (κ2) is 7.20. The van der Waals surface area contributed by atoms with Gasteiger partial charge in [0.1, 0.15) is 17.3 Å². The zero-order valence-corrected chi connectivity index (χ0v) is 17.2. The number of carbonyl (C=O) groups is 2. The van der Waals surface area contributed by atoms with Gasteiger partial charge in [0, 0.05) is 43.4 Å². The third-order valence-electron chi connectivity index (χ3n) is 6.66. The van der Waals surface area contributed by atoms with Crippen molar-refractivity contribution in [3.05, 3.63) is 58.8 Å². The van der Waals surface area contributed by atoms with Gasteiger partial charge >= 0.3 is 0 Å². The first-order chi connectivity index (χ1) is 14.4. The summed E-state index contributed by atoms with van der Waals surface area (Å²) in [5.41, 5.74) is 2.95. The van der Waals surface area contributed by atoms with E-state index in [-0.39, 0.29) is 16.8 Å². The van der Waals surface area contributed by atoms with Crippen molar-refractivity contribution in [2.45, 2.75) is 31.6 Å². The predicted octanol–water partition coefficient (Wildman–Crippen LogP) is 5.09. The fraction of sp³-hybridized carbons (Fsp3) is 0.348. The van der Waals surface area contributed by atoms with E-state index in [4.69, 9.17) is 11.6 Å². The van der Waals surface area contributed by atoms with Gasteiger partial charge in [-0.05, 0) is 60.4 Å². The Labute approximate surface area is 178 Å². The Balaban J connectivity index is 1.55. The molecule has 0 bridgehead atoms. The van der Waals surface area contributed by atoms with Crippen molar-refractivity contribution in [1.29, 1.82) is 0 Å². The van der Waals surface area contributed by atoms with Gasteiger partial charge in [-0.3, -0.25) is 14.6 Å². The van der Waals surface area contributed by atoms with Gasteiger partial charge in [-0.15, -0.1) is 0 Å². The SMILES string of the molecule is Cn1c(C(=O)Nc2ccc(F)c(Cl)c2)c(C2CC3CC(=O)CC3C2)c2cnccc21. The maximum absolute atomic E-state index is 13.5. The summed E-state index contributed by atoms with van der Waals surface area (Å²) >= 11 is 5.87. The average molecular weight is 426 g/mol. The van der Waals surface area contributed by atoms with Crippen molar-refractivity contribution < 1.29 is 14.0 Å². The van der Waals surface area contributed by atoms with E-state index in [0.29, 0.717) is 41.8 Å². The summed E-state index contributed by atoms with van der Waals surface area (Å²) < 4.78 is 15.4. The van der Waals surface area contributed by atoms with Crippen molar-refractivity contribution in [2.75, 3.05) is 5.32 Å². The number of ketones is 1. The van der Waals surface area contributed by atoms with Crippen LogP contribution in [0.5, 0.6) is 0 Å². The lowest BCUT2D eigenvalue weighted by atomic mass is 9.92. The van der Waals surface area contributed by atoms with Crippen LogP contribution in [0, 0.1) is 17.7 Å². The highest BCUT2D eigenvalue weighted by Crippen LogP contribution is 2.51.